The molecule has 0 saturated carbocycles. The minimum absolute atomic E-state index is 0.244. The molecule has 19 heavy (non-hydrogen) atoms. The van der Waals surface area contributed by atoms with Crippen LogP contribution in [0.15, 0.2) is 36.4 Å². The highest BCUT2D eigenvalue weighted by Crippen LogP contribution is 2.25. The summed E-state index contributed by atoms with van der Waals surface area (Å²) in [6.07, 6.45) is 0.788. The van der Waals surface area contributed by atoms with E-state index in [-0.39, 0.29) is 5.56 Å². The van der Waals surface area contributed by atoms with Crippen LogP contribution in [-0.4, -0.2) is 17.5 Å². The third kappa shape index (κ3) is 3.20. The molecule has 0 saturated heterocycles. The van der Waals surface area contributed by atoms with Gasteiger partial charge in [-0.05, 0) is 36.8 Å². The summed E-state index contributed by atoms with van der Waals surface area (Å²) < 4.78 is 0. The van der Waals surface area contributed by atoms with E-state index in [1.54, 1.807) is 40.5 Å². The summed E-state index contributed by atoms with van der Waals surface area (Å²) in [7, 11) is 0. The first kappa shape index (κ1) is 13.3. The van der Waals surface area contributed by atoms with Crippen LogP contribution in [0.3, 0.4) is 0 Å². The fourth-order valence-electron chi connectivity index (χ4n) is 1.69. The Labute approximate surface area is 114 Å². The Morgan fingerprint density at radius 2 is 1.95 bits per heavy atom. The molecule has 4 nitrogen and oxygen atoms in total. The lowest BCUT2D eigenvalue weighted by molar-refractivity contribution is -0.107. The zero-order valence-electron chi connectivity index (χ0n) is 10.4. The summed E-state index contributed by atoms with van der Waals surface area (Å²) in [5.74, 6) is -0.951. The van der Waals surface area contributed by atoms with Gasteiger partial charge in [0.15, 0.2) is 0 Å². The molecule has 0 atom stereocenters. The van der Waals surface area contributed by atoms with Crippen molar-refractivity contribution in [2.24, 2.45) is 0 Å². The van der Waals surface area contributed by atoms with Crippen molar-refractivity contribution in [2.75, 3.05) is 4.90 Å². The zero-order valence-corrected chi connectivity index (χ0v) is 11.2. The van der Waals surface area contributed by atoms with Gasteiger partial charge in [0.2, 0.25) is 6.41 Å². The van der Waals surface area contributed by atoms with E-state index >= 15 is 0 Å². The molecule has 1 aromatic heterocycles. The van der Waals surface area contributed by atoms with E-state index in [1.807, 2.05) is 19.1 Å². The molecule has 2 aromatic rings. The largest absolute Gasteiger partial charge is 0.478 e. The van der Waals surface area contributed by atoms with Crippen LogP contribution >= 0.6 is 11.3 Å². The van der Waals surface area contributed by atoms with Crippen LogP contribution in [0.1, 0.15) is 20.8 Å². The highest BCUT2D eigenvalue weighted by atomic mass is 32.1. The highest BCUT2D eigenvalue weighted by molar-refractivity contribution is 7.16. The number of carboxylic acids is 1. The van der Waals surface area contributed by atoms with Gasteiger partial charge < -0.3 is 10.0 Å². The molecular weight excluding hydrogens is 262 g/mol. The predicted octanol–water partition coefficient (Wildman–Crippen LogP) is 2.92. The van der Waals surface area contributed by atoms with Crippen LogP contribution in [-0.2, 0) is 11.3 Å². The van der Waals surface area contributed by atoms with Crippen molar-refractivity contribution in [1.82, 2.24) is 0 Å². The van der Waals surface area contributed by atoms with Gasteiger partial charge in [-0.25, -0.2) is 4.79 Å². The van der Waals surface area contributed by atoms with E-state index in [4.69, 9.17) is 5.11 Å². The molecule has 0 aliphatic rings. The Balaban J connectivity index is 2.14. The first-order chi connectivity index (χ1) is 9.10. The number of thiophene rings is 1. The zero-order chi connectivity index (χ0) is 13.8. The number of aryl methyl sites for hydroxylation is 1. The molecule has 0 spiro atoms. The lowest BCUT2D eigenvalue weighted by Gasteiger charge is -2.15. The number of aromatic carboxylic acids is 1. The molecule has 0 bridgehead atoms. The number of carbonyl (C=O) groups excluding carboxylic acids is 1. The van der Waals surface area contributed by atoms with E-state index < -0.39 is 5.97 Å². The van der Waals surface area contributed by atoms with Crippen molar-refractivity contribution in [3.05, 3.63) is 52.4 Å². The summed E-state index contributed by atoms with van der Waals surface area (Å²) in [5, 5.41) is 9.70. The van der Waals surface area contributed by atoms with Crippen LogP contribution in [0.2, 0.25) is 0 Å². The van der Waals surface area contributed by atoms with E-state index in [9.17, 15) is 9.59 Å². The normalized spacial score (nSPS) is 10.2. The van der Waals surface area contributed by atoms with Crippen molar-refractivity contribution in [1.29, 1.82) is 0 Å². The molecule has 0 unspecified atom stereocenters. The second-order valence-corrected chi connectivity index (χ2v) is 5.39. The number of hydrogen-bond donors (Lipinski definition) is 1. The number of anilines is 1. The van der Waals surface area contributed by atoms with Gasteiger partial charge in [0.25, 0.3) is 0 Å². The van der Waals surface area contributed by atoms with Gasteiger partial charge >= 0.3 is 5.97 Å². The average Bonchev–Trinajstić information content (AvgIpc) is 2.83. The number of carboxylic acid groups (broad SMARTS) is 1. The molecule has 1 amide bonds. The van der Waals surface area contributed by atoms with Crippen LogP contribution in [0, 0.1) is 6.92 Å². The molecule has 0 aliphatic carbocycles. The first-order valence-corrected chi connectivity index (χ1v) is 6.52. The Hall–Kier alpha value is -2.14. The molecule has 0 fully saturated rings. The molecule has 1 N–H and O–H groups in total. The van der Waals surface area contributed by atoms with Crippen molar-refractivity contribution in [3.8, 4) is 0 Å². The van der Waals surface area contributed by atoms with E-state index in [1.165, 1.54) is 0 Å². The van der Waals surface area contributed by atoms with Crippen LogP contribution in [0.25, 0.3) is 0 Å². The van der Waals surface area contributed by atoms with Gasteiger partial charge in [-0.2, -0.15) is 0 Å². The van der Waals surface area contributed by atoms with Crippen LogP contribution < -0.4 is 4.90 Å². The molecule has 5 heteroatoms. The van der Waals surface area contributed by atoms with Gasteiger partial charge in [0, 0.05) is 4.88 Å². The molecule has 1 heterocycles. The standard InChI is InChI=1S/C14H13NO3S/c1-10-2-7-13(19-10)15(9-16)8-11-3-5-12(6-4-11)14(17)18/h2-7,9H,8H2,1H3,(H,17,18). The molecule has 1 aromatic carbocycles. The Morgan fingerprint density at radius 1 is 1.26 bits per heavy atom. The minimum Gasteiger partial charge on any atom is -0.478 e. The van der Waals surface area contributed by atoms with Crippen molar-refractivity contribution in [3.63, 3.8) is 0 Å². The fourth-order valence-corrected chi connectivity index (χ4v) is 2.52. The van der Waals surface area contributed by atoms with Crippen molar-refractivity contribution < 1.29 is 14.7 Å². The number of hydrogen-bond acceptors (Lipinski definition) is 3. The van der Waals surface area contributed by atoms with E-state index in [0.717, 1.165) is 21.9 Å². The predicted molar refractivity (Wildman–Crippen MR) is 74.7 cm³/mol. The highest BCUT2D eigenvalue weighted by Gasteiger charge is 2.09. The number of nitrogens with zero attached hydrogens (tertiary/aromatic N) is 1. The summed E-state index contributed by atoms with van der Waals surface area (Å²) in [4.78, 5) is 24.6. The Kier molecular flexibility index (Phi) is 3.97. The van der Waals surface area contributed by atoms with Crippen molar-refractivity contribution in [2.45, 2.75) is 13.5 Å². The summed E-state index contributed by atoms with van der Waals surface area (Å²) in [6.45, 7) is 2.42. The molecule has 0 radical (unpaired) electrons. The van der Waals surface area contributed by atoms with Crippen LogP contribution in [0.5, 0.6) is 0 Å². The number of benzene rings is 1. The SMILES string of the molecule is Cc1ccc(N(C=O)Cc2ccc(C(=O)O)cc2)s1. The lowest BCUT2D eigenvalue weighted by Crippen LogP contribution is -2.19. The Bertz CT molecular complexity index is 589. The summed E-state index contributed by atoms with van der Waals surface area (Å²) in [5.41, 5.74) is 1.14. The second kappa shape index (κ2) is 5.67. The van der Waals surface area contributed by atoms with Gasteiger partial charge in [0.05, 0.1) is 17.1 Å². The second-order valence-electron chi connectivity index (χ2n) is 4.12. The average molecular weight is 275 g/mol. The maximum atomic E-state index is 11.1. The monoisotopic (exact) mass is 275 g/mol. The third-order valence-electron chi connectivity index (χ3n) is 2.69. The number of rotatable bonds is 5. The van der Waals surface area contributed by atoms with E-state index in [0.29, 0.717) is 6.54 Å². The maximum absolute atomic E-state index is 11.1. The smallest absolute Gasteiger partial charge is 0.335 e. The lowest BCUT2D eigenvalue weighted by atomic mass is 10.1. The quantitative estimate of drug-likeness (QED) is 0.853. The summed E-state index contributed by atoms with van der Waals surface area (Å²) >= 11 is 1.55. The molecular formula is C14H13NO3S. The van der Waals surface area contributed by atoms with E-state index in [2.05, 4.69) is 0 Å². The van der Waals surface area contributed by atoms with Gasteiger partial charge in [-0.15, -0.1) is 11.3 Å². The fraction of sp³-hybridized carbons (Fsp3) is 0.143. The Morgan fingerprint density at radius 3 is 2.42 bits per heavy atom. The van der Waals surface area contributed by atoms with Gasteiger partial charge in [-0.1, -0.05) is 12.1 Å². The molecule has 2 rings (SSSR count). The topological polar surface area (TPSA) is 57.6 Å². The van der Waals surface area contributed by atoms with Crippen molar-refractivity contribution >= 4 is 28.7 Å². The third-order valence-corrected chi connectivity index (χ3v) is 3.73. The minimum atomic E-state index is -0.951. The van der Waals surface area contributed by atoms with Gasteiger partial charge in [0.1, 0.15) is 0 Å². The number of carbonyl (C=O) groups is 2. The summed E-state index contributed by atoms with van der Waals surface area (Å²) in [6, 6.07) is 10.4. The van der Waals surface area contributed by atoms with Gasteiger partial charge in [-0.3, -0.25) is 4.79 Å². The first-order valence-electron chi connectivity index (χ1n) is 5.71. The molecule has 98 valence electrons. The van der Waals surface area contributed by atoms with Crippen LogP contribution in [0.4, 0.5) is 5.00 Å². The maximum Gasteiger partial charge on any atom is 0.335 e. The number of amides is 1. The molecule has 0 aliphatic heterocycles.